The van der Waals surface area contributed by atoms with Crippen molar-refractivity contribution in [3.8, 4) is 0 Å². The number of unbranched alkanes of at least 4 members (excludes halogenated alkanes) is 1. The molecule has 1 aromatic rings. The third-order valence-corrected chi connectivity index (χ3v) is 5.83. The number of hydrogen-bond acceptors (Lipinski definition) is 3. The van der Waals surface area contributed by atoms with Gasteiger partial charge < -0.3 is 4.90 Å². The van der Waals surface area contributed by atoms with Gasteiger partial charge in [0.2, 0.25) is 0 Å². The van der Waals surface area contributed by atoms with Crippen LogP contribution in [0.25, 0.3) is 0 Å². The summed E-state index contributed by atoms with van der Waals surface area (Å²) < 4.78 is 37.0. The Kier molecular flexibility index (Phi) is 5.21. The summed E-state index contributed by atoms with van der Waals surface area (Å²) in [6.07, 6.45) is 2.17. The van der Waals surface area contributed by atoms with Gasteiger partial charge in [-0.15, -0.1) is 0 Å². The van der Waals surface area contributed by atoms with E-state index in [2.05, 4.69) is 0 Å². The summed E-state index contributed by atoms with van der Waals surface area (Å²) in [5.41, 5.74) is 0.767. The molecule has 2 rings (SSSR count). The van der Waals surface area contributed by atoms with E-state index in [-0.39, 0.29) is 29.0 Å². The summed E-state index contributed by atoms with van der Waals surface area (Å²) in [5.74, 6) is -0.568. The molecule has 1 saturated heterocycles. The molecule has 1 amide bonds. The van der Waals surface area contributed by atoms with Crippen molar-refractivity contribution in [2.45, 2.75) is 39.2 Å². The first-order chi connectivity index (χ1) is 10.3. The van der Waals surface area contributed by atoms with Gasteiger partial charge in [0.05, 0.1) is 11.5 Å². The summed E-state index contributed by atoms with van der Waals surface area (Å²) in [4.78, 5) is 14.3. The lowest BCUT2D eigenvalue weighted by molar-refractivity contribution is 0.0693. The second-order valence-electron chi connectivity index (χ2n) is 5.87. The molecule has 0 aliphatic carbocycles. The lowest BCUT2D eigenvalue weighted by Gasteiger charge is -2.28. The first-order valence-electron chi connectivity index (χ1n) is 7.61. The molecule has 22 heavy (non-hydrogen) atoms. The van der Waals surface area contributed by atoms with Gasteiger partial charge in [-0.1, -0.05) is 19.4 Å². The van der Waals surface area contributed by atoms with Crippen molar-refractivity contribution in [1.29, 1.82) is 0 Å². The van der Waals surface area contributed by atoms with Crippen molar-refractivity contribution in [2.24, 2.45) is 0 Å². The van der Waals surface area contributed by atoms with E-state index < -0.39 is 15.7 Å². The molecule has 4 nitrogen and oxygen atoms in total. The number of halogens is 1. The van der Waals surface area contributed by atoms with E-state index in [4.69, 9.17) is 0 Å². The highest BCUT2D eigenvalue weighted by Gasteiger charge is 2.34. The summed E-state index contributed by atoms with van der Waals surface area (Å²) in [7, 11) is -3.06. The molecule has 0 radical (unpaired) electrons. The van der Waals surface area contributed by atoms with E-state index in [1.165, 1.54) is 6.07 Å². The minimum Gasteiger partial charge on any atom is -0.335 e. The van der Waals surface area contributed by atoms with Crippen LogP contribution < -0.4 is 0 Å². The molecule has 0 bridgehead atoms. The zero-order valence-electron chi connectivity index (χ0n) is 13.0. The highest BCUT2D eigenvalue weighted by molar-refractivity contribution is 7.91. The average Bonchev–Trinajstić information content (AvgIpc) is 2.82. The summed E-state index contributed by atoms with van der Waals surface area (Å²) in [5, 5.41) is 0. The lowest BCUT2D eigenvalue weighted by atomic mass is 10.1. The minimum absolute atomic E-state index is 0.0107. The van der Waals surface area contributed by atoms with Gasteiger partial charge in [-0.25, -0.2) is 12.8 Å². The topological polar surface area (TPSA) is 54.5 Å². The molecular formula is C16H22FNO3S. The largest absolute Gasteiger partial charge is 0.335 e. The van der Waals surface area contributed by atoms with Crippen LogP contribution >= 0.6 is 0 Å². The number of hydrogen-bond donors (Lipinski definition) is 0. The molecular weight excluding hydrogens is 305 g/mol. The molecule has 0 aromatic heterocycles. The van der Waals surface area contributed by atoms with Crippen molar-refractivity contribution in [3.05, 3.63) is 35.1 Å². The number of nitrogens with zero attached hydrogens (tertiary/aromatic N) is 1. The molecule has 0 saturated carbocycles. The molecule has 0 N–H and O–H groups in total. The van der Waals surface area contributed by atoms with Crippen LogP contribution in [0.15, 0.2) is 18.2 Å². The second kappa shape index (κ2) is 6.77. The molecule has 1 heterocycles. The fourth-order valence-corrected chi connectivity index (χ4v) is 4.42. The normalized spacial score (nSPS) is 20.0. The summed E-state index contributed by atoms with van der Waals surface area (Å²) >= 11 is 0. The number of sulfone groups is 1. The maximum absolute atomic E-state index is 13.7. The summed E-state index contributed by atoms with van der Waals surface area (Å²) in [6.45, 7) is 4.16. The van der Waals surface area contributed by atoms with Crippen LogP contribution in [0.2, 0.25) is 0 Å². The van der Waals surface area contributed by atoms with Crippen molar-refractivity contribution in [2.75, 3.05) is 18.1 Å². The van der Waals surface area contributed by atoms with Gasteiger partial charge in [0, 0.05) is 18.2 Å². The molecule has 122 valence electrons. The second-order valence-corrected chi connectivity index (χ2v) is 8.10. The van der Waals surface area contributed by atoms with Gasteiger partial charge in [-0.3, -0.25) is 4.79 Å². The van der Waals surface area contributed by atoms with E-state index in [0.717, 1.165) is 12.8 Å². The Morgan fingerprint density at radius 1 is 1.41 bits per heavy atom. The molecule has 0 spiro atoms. The van der Waals surface area contributed by atoms with Gasteiger partial charge in [-0.05, 0) is 37.5 Å². The minimum atomic E-state index is -3.06. The van der Waals surface area contributed by atoms with E-state index >= 15 is 0 Å². The molecule has 6 heteroatoms. The lowest BCUT2D eigenvalue weighted by Crippen LogP contribution is -2.41. The fourth-order valence-electron chi connectivity index (χ4n) is 2.69. The highest BCUT2D eigenvalue weighted by Crippen LogP contribution is 2.21. The maximum atomic E-state index is 13.7. The number of carbonyl (C=O) groups is 1. The summed E-state index contributed by atoms with van der Waals surface area (Å²) in [6, 6.07) is 4.11. The molecule has 1 aliphatic rings. The number of carbonyl (C=O) groups excluding carboxylic acids is 1. The van der Waals surface area contributed by atoms with Crippen molar-refractivity contribution in [3.63, 3.8) is 0 Å². The Morgan fingerprint density at radius 3 is 2.68 bits per heavy atom. The smallest absolute Gasteiger partial charge is 0.254 e. The van der Waals surface area contributed by atoms with Crippen LogP contribution in [0.4, 0.5) is 4.39 Å². The van der Waals surface area contributed by atoms with Crippen LogP contribution in [0.3, 0.4) is 0 Å². The number of amides is 1. The van der Waals surface area contributed by atoms with Gasteiger partial charge in [0.1, 0.15) is 5.82 Å². The fraction of sp³-hybridized carbons (Fsp3) is 0.562. The Hall–Kier alpha value is -1.43. The standard InChI is InChI=1S/C16H22FNO3S/c1-3-4-8-18(14-7-9-22(20,21)11-14)16(19)13-6-5-12(2)15(17)10-13/h5-6,10,14H,3-4,7-9,11H2,1-2H3/t14-/m1/s1. The van der Waals surface area contributed by atoms with Crippen LogP contribution in [0, 0.1) is 12.7 Å². The number of aryl methyl sites for hydroxylation is 1. The zero-order valence-corrected chi connectivity index (χ0v) is 13.8. The SMILES string of the molecule is CCCCN(C(=O)c1ccc(C)c(F)c1)[C@@H]1CCS(=O)(=O)C1. The maximum Gasteiger partial charge on any atom is 0.254 e. The van der Waals surface area contributed by atoms with Crippen molar-refractivity contribution < 1.29 is 17.6 Å². The monoisotopic (exact) mass is 327 g/mol. The molecule has 0 unspecified atom stereocenters. The van der Waals surface area contributed by atoms with Crippen LogP contribution in [-0.4, -0.2) is 43.3 Å². The average molecular weight is 327 g/mol. The number of benzene rings is 1. The van der Waals surface area contributed by atoms with Crippen molar-refractivity contribution in [1.82, 2.24) is 4.90 Å². The Balaban J connectivity index is 2.24. The predicted molar refractivity (Wildman–Crippen MR) is 84.1 cm³/mol. The van der Waals surface area contributed by atoms with E-state index in [0.29, 0.717) is 18.5 Å². The van der Waals surface area contributed by atoms with Gasteiger partial charge >= 0.3 is 0 Å². The van der Waals surface area contributed by atoms with E-state index in [1.807, 2.05) is 6.92 Å². The molecule has 1 atom stereocenters. The Bertz CT molecular complexity index is 657. The molecule has 1 fully saturated rings. The highest BCUT2D eigenvalue weighted by atomic mass is 32.2. The zero-order chi connectivity index (χ0) is 16.3. The van der Waals surface area contributed by atoms with Crippen LogP contribution in [0.1, 0.15) is 42.1 Å². The Labute approximate surface area is 131 Å². The molecule has 1 aromatic carbocycles. The van der Waals surface area contributed by atoms with Gasteiger partial charge in [-0.2, -0.15) is 0 Å². The van der Waals surface area contributed by atoms with Gasteiger partial charge in [0.25, 0.3) is 5.91 Å². The van der Waals surface area contributed by atoms with Gasteiger partial charge in [0.15, 0.2) is 9.84 Å². The quantitative estimate of drug-likeness (QED) is 0.835. The van der Waals surface area contributed by atoms with Crippen LogP contribution in [-0.2, 0) is 9.84 Å². The van der Waals surface area contributed by atoms with Crippen LogP contribution in [0.5, 0.6) is 0 Å². The van der Waals surface area contributed by atoms with Crippen molar-refractivity contribution >= 4 is 15.7 Å². The Morgan fingerprint density at radius 2 is 2.14 bits per heavy atom. The number of rotatable bonds is 5. The van der Waals surface area contributed by atoms with E-state index in [9.17, 15) is 17.6 Å². The predicted octanol–water partition coefficient (Wildman–Crippen LogP) is 2.56. The third-order valence-electron chi connectivity index (χ3n) is 4.08. The first kappa shape index (κ1) is 16.9. The molecule has 1 aliphatic heterocycles. The third kappa shape index (κ3) is 3.85. The van der Waals surface area contributed by atoms with E-state index in [1.54, 1.807) is 24.0 Å². The first-order valence-corrected chi connectivity index (χ1v) is 9.43.